The number of hydrogen-bond acceptors (Lipinski definition) is 11. The summed E-state index contributed by atoms with van der Waals surface area (Å²) in [6, 6.07) is 12.1. The fourth-order valence-electron chi connectivity index (χ4n) is 6.38. The maximum atomic E-state index is 13.3. The van der Waals surface area contributed by atoms with Crippen LogP contribution in [0.25, 0.3) is 33.4 Å². The van der Waals surface area contributed by atoms with Gasteiger partial charge in [0.15, 0.2) is 5.78 Å². The van der Waals surface area contributed by atoms with Gasteiger partial charge in [-0.25, -0.2) is 4.98 Å². The fourth-order valence-corrected chi connectivity index (χ4v) is 7.29. The second-order valence-corrected chi connectivity index (χ2v) is 13.8. The zero-order valence-electron chi connectivity index (χ0n) is 30.0. The number of rotatable bonds is 21. The SMILES string of the molecule is C#CNC(C(=O)CCCCNN)C(OCC)c1nc(-c2ccc3c(c2)c(CC(C)(C)COC=O)c(-c2cccnc2C(C)OC)n3CC)cs1. The van der Waals surface area contributed by atoms with Gasteiger partial charge in [0, 0.05) is 78.3 Å². The molecule has 12 heteroatoms. The van der Waals surface area contributed by atoms with Crippen molar-refractivity contribution in [3.8, 4) is 35.0 Å². The highest BCUT2D eigenvalue weighted by Gasteiger charge is 2.32. The highest BCUT2D eigenvalue weighted by molar-refractivity contribution is 7.10. The van der Waals surface area contributed by atoms with Crippen LogP contribution in [0.2, 0.25) is 0 Å². The Labute approximate surface area is 299 Å². The molecular weight excluding hydrogens is 653 g/mol. The number of ketones is 1. The third-order valence-corrected chi connectivity index (χ3v) is 9.71. The summed E-state index contributed by atoms with van der Waals surface area (Å²) in [4.78, 5) is 34.3. The van der Waals surface area contributed by atoms with E-state index < -0.39 is 12.1 Å². The molecule has 0 aliphatic rings. The quantitative estimate of drug-likeness (QED) is 0.0232. The van der Waals surface area contributed by atoms with E-state index in [9.17, 15) is 9.59 Å². The van der Waals surface area contributed by atoms with E-state index >= 15 is 0 Å². The fraction of sp³-hybridized carbons (Fsp3) is 0.474. The number of aromatic nitrogens is 3. The molecule has 4 aromatic rings. The van der Waals surface area contributed by atoms with Crippen LogP contribution in [0.4, 0.5) is 0 Å². The molecular formula is C38H50N6O5S. The molecule has 11 nitrogen and oxygen atoms in total. The van der Waals surface area contributed by atoms with Gasteiger partial charge in [-0.05, 0) is 69.9 Å². The smallest absolute Gasteiger partial charge is 0.293 e. The summed E-state index contributed by atoms with van der Waals surface area (Å²) >= 11 is 1.44. The largest absolute Gasteiger partial charge is 0.467 e. The molecule has 3 heterocycles. The zero-order valence-corrected chi connectivity index (χ0v) is 30.8. The topological polar surface area (TPSA) is 143 Å². The Morgan fingerprint density at radius 3 is 2.72 bits per heavy atom. The monoisotopic (exact) mass is 702 g/mol. The number of aryl methyl sites for hydroxylation is 1. The molecule has 50 heavy (non-hydrogen) atoms. The Morgan fingerprint density at radius 1 is 1.24 bits per heavy atom. The molecule has 3 atom stereocenters. The number of nitrogens with two attached hydrogens (primary N) is 1. The van der Waals surface area contributed by atoms with Gasteiger partial charge >= 0.3 is 0 Å². The normalized spacial score (nSPS) is 13.5. The van der Waals surface area contributed by atoms with E-state index in [-0.39, 0.29) is 23.9 Å². The first-order valence-electron chi connectivity index (χ1n) is 17.1. The average Bonchev–Trinajstić information content (AvgIpc) is 3.73. The Bertz CT molecular complexity index is 1780. The summed E-state index contributed by atoms with van der Waals surface area (Å²) in [6.07, 6.45) is 8.99. The van der Waals surface area contributed by atoms with Crippen LogP contribution in [0.15, 0.2) is 41.9 Å². The number of methoxy groups -OCH3 is 1. The number of nitrogens with one attached hydrogen (secondary N) is 2. The maximum absolute atomic E-state index is 13.3. The van der Waals surface area contributed by atoms with Gasteiger partial charge in [-0.1, -0.05) is 26.3 Å². The van der Waals surface area contributed by atoms with Gasteiger partial charge in [0.05, 0.1) is 29.8 Å². The number of thiazole rings is 1. The number of nitrogens with zero attached hydrogens (tertiary/aromatic N) is 3. The Balaban J connectivity index is 1.84. The van der Waals surface area contributed by atoms with Crippen molar-refractivity contribution in [1.29, 1.82) is 0 Å². The molecule has 0 aliphatic heterocycles. The number of terminal acetylenes is 1. The summed E-state index contributed by atoms with van der Waals surface area (Å²) < 4.78 is 19.5. The molecule has 0 radical (unpaired) electrons. The predicted octanol–water partition coefficient (Wildman–Crippen LogP) is 6.13. The molecule has 0 aliphatic carbocycles. The van der Waals surface area contributed by atoms with E-state index in [4.69, 9.17) is 36.4 Å². The molecule has 1 aromatic carbocycles. The standard InChI is InChI=1S/C38H50N6O5S/c1-8-40-34(32(46)15-11-12-19-42-39)36(49-10-3)37-43-30(22-50-37)26-16-17-31-28(20-26)29(21-38(5,6)23-48-24-45)35(44(31)9-2)27-14-13-18-41-33(27)25(4)47-7/h1,13-14,16-18,20,22,24-25,34,36,40,42H,9-12,15,19,21,23,39H2,2-7H3. The van der Waals surface area contributed by atoms with E-state index in [0.717, 1.165) is 57.6 Å². The highest BCUT2D eigenvalue weighted by Crippen LogP contribution is 2.42. The lowest BCUT2D eigenvalue weighted by atomic mass is 9.84. The van der Waals surface area contributed by atoms with Crippen LogP contribution < -0.4 is 16.6 Å². The van der Waals surface area contributed by atoms with Crippen molar-refractivity contribution in [1.82, 2.24) is 25.3 Å². The number of ether oxygens (including phenoxy) is 3. The van der Waals surface area contributed by atoms with Crippen molar-refractivity contribution in [3.05, 3.63) is 58.2 Å². The number of benzene rings is 1. The summed E-state index contributed by atoms with van der Waals surface area (Å²) in [5, 5.41) is 6.63. The van der Waals surface area contributed by atoms with E-state index in [2.05, 4.69) is 66.4 Å². The van der Waals surface area contributed by atoms with Crippen LogP contribution in [0.1, 0.15) is 82.4 Å². The summed E-state index contributed by atoms with van der Waals surface area (Å²) in [5.74, 6) is 5.35. The van der Waals surface area contributed by atoms with Crippen molar-refractivity contribution in [2.24, 2.45) is 11.3 Å². The molecule has 0 bridgehead atoms. The van der Waals surface area contributed by atoms with Gasteiger partial charge in [-0.15, -0.1) is 11.3 Å². The molecule has 0 saturated carbocycles. The van der Waals surface area contributed by atoms with Crippen molar-refractivity contribution >= 4 is 34.5 Å². The summed E-state index contributed by atoms with van der Waals surface area (Å²) in [5.41, 5.74) is 9.06. The van der Waals surface area contributed by atoms with Crippen molar-refractivity contribution in [2.45, 2.75) is 85.1 Å². The second-order valence-electron chi connectivity index (χ2n) is 13.0. The highest BCUT2D eigenvalue weighted by atomic mass is 32.1. The van der Waals surface area contributed by atoms with Crippen LogP contribution in [-0.2, 0) is 36.8 Å². The van der Waals surface area contributed by atoms with E-state index in [1.54, 1.807) is 13.3 Å². The van der Waals surface area contributed by atoms with Gasteiger partial charge < -0.3 is 24.1 Å². The minimum absolute atomic E-state index is 0.0339. The van der Waals surface area contributed by atoms with Crippen LogP contribution in [-0.4, -0.2) is 59.7 Å². The van der Waals surface area contributed by atoms with E-state index in [0.29, 0.717) is 43.9 Å². The van der Waals surface area contributed by atoms with Gasteiger partial charge in [0.2, 0.25) is 0 Å². The van der Waals surface area contributed by atoms with Crippen molar-refractivity contribution in [2.75, 3.05) is 26.9 Å². The number of fused-ring (bicyclic) bond motifs is 1. The second kappa shape index (κ2) is 18.2. The average molecular weight is 703 g/mol. The number of carbonyl (C=O) groups is 2. The molecule has 3 aromatic heterocycles. The first kappa shape index (κ1) is 38.7. The molecule has 0 fully saturated rings. The van der Waals surface area contributed by atoms with Crippen molar-refractivity contribution < 1.29 is 23.8 Å². The van der Waals surface area contributed by atoms with Gasteiger partial charge in [0.1, 0.15) is 17.2 Å². The molecule has 0 spiro atoms. The van der Waals surface area contributed by atoms with Crippen molar-refractivity contribution in [3.63, 3.8) is 0 Å². The molecule has 4 rings (SSSR count). The first-order chi connectivity index (χ1) is 24.1. The number of Topliss-reactive ketones (excluding diaryl/α,β-unsaturated/α-hetero) is 1. The maximum Gasteiger partial charge on any atom is 0.293 e. The number of unbranched alkanes of at least 4 members (excludes halogenated alkanes) is 1. The van der Waals surface area contributed by atoms with Gasteiger partial charge in [0.25, 0.3) is 6.47 Å². The van der Waals surface area contributed by atoms with E-state index in [1.807, 2.05) is 25.3 Å². The van der Waals surface area contributed by atoms with Crippen LogP contribution in [0.5, 0.6) is 0 Å². The molecule has 4 N–H and O–H groups in total. The van der Waals surface area contributed by atoms with E-state index in [1.165, 1.54) is 11.3 Å². The van der Waals surface area contributed by atoms with Crippen LogP contribution in [0, 0.1) is 17.9 Å². The van der Waals surface area contributed by atoms with Crippen LogP contribution in [0.3, 0.4) is 0 Å². The molecule has 0 saturated heterocycles. The minimum Gasteiger partial charge on any atom is -0.467 e. The number of pyridine rings is 1. The number of hydrogen-bond donors (Lipinski definition) is 3. The third-order valence-electron chi connectivity index (χ3n) is 8.80. The lowest BCUT2D eigenvalue weighted by Gasteiger charge is -2.25. The predicted molar refractivity (Wildman–Crippen MR) is 198 cm³/mol. The Morgan fingerprint density at radius 2 is 2.04 bits per heavy atom. The van der Waals surface area contributed by atoms with Gasteiger partial charge in [-0.3, -0.25) is 25.8 Å². The molecule has 0 amide bonds. The number of hydrazine groups is 1. The van der Waals surface area contributed by atoms with Crippen LogP contribution >= 0.6 is 11.3 Å². The lowest BCUT2D eigenvalue weighted by molar-refractivity contribution is -0.131. The lowest BCUT2D eigenvalue weighted by Crippen LogP contribution is -2.40. The molecule has 3 unspecified atom stereocenters. The number of carbonyl (C=O) groups excluding carboxylic acids is 2. The first-order valence-corrected chi connectivity index (χ1v) is 18.0. The zero-order chi connectivity index (χ0) is 36.3. The third kappa shape index (κ3) is 8.96. The summed E-state index contributed by atoms with van der Waals surface area (Å²) in [7, 11) is 1.69. The Kier molecular flexibility index (Phi) is 14.1. The Hall–Kier alpha value is -4.12. The van der Waals surface area contributed by atoms with Gasteiger partial charge in [-0.2, -0.15) is 0 Å². The summed E-state index contributed by atoms with van der Waals surface area (Å²) in [6.45, 7) is 12.7. The minimum atomic E-state index is -0.737. The molecule has 268 valence electrons.